The molecule has 0 aliphatic rings. The van der Waals surface area contributed by atoms with E-state index < -0.39 is 11.9 Å². The predicted octanol–water partition coefficient (Wildman–Crippen LogP) is 1.20. The van der Waals surface area contributed by atoms with Crippen molar-refractivity contribution in [2.24, 2.45) is 16.8 Å². The summed E-state index contributed by atoms with van der Waals surface area (Å²) in [6.07, 6.45) is 0. The molecule has 6 heteroatoms. The van der Waals surface area contributed by atoms with E-state index in [1.807, 2.05) is 20.8 Å². The number of hydrogen-bond acceptors (Lipinski definition) is 4. The number of carbonyl (C=O) groups excluding carboxylic acids is 1. The van der Waals surface area contributed by atoms with Gasteiger partial charge in [0.1, 0.15) is 5.75 Å². The predicted molar refractivity (Wildman–Crippen MR) is 72.3 cm³/mol. The lowest BCUT2D eigenvalue weighted by atomic mass is 10.0. The topological polar surface area (TPSA) is 108 Å². The maximum Gasteiger partial charge on any atom is 0.255 e. The Balaban J connectivity index is 2.97. The van der Waals surface area contributed by atoms with Crippen molar-refractivity contribution in [1.82, 2.24) is 5.32 Å². The van der Waals surface area contributed by atoms with Crippen LogP contribution in [0.3, 0.4) is 0 Å². The summed E-state index contributed by atoms with van der Waals surface area (Å²) >= 11 is 0. The lowest BCUT2D eigenvalue weighted by molar-refractivity contribution is 0.0936. The van der Waals surface area contributed by atoms with Crippen molar-refractivity contribution in [3.8, 4) is 5.75 Å². The quantitative estimate of drug-likeness (QED) is 0.284. The van der Waals surface area contributed by atoms with Crippen molar-refractivity contribution in [2.75, 3.05) is 0 Å². The number of phenolic OH excluding ortho intramolecular Hbond substituents is 1. The maximum absolute atomic E-state index is 12.1. The van der Waals surface area contributed by atoms with Gasteiger partial charge in [0.05, 0.1) is 11.6 Å². The Morgan fingerprint density at radius 2 is 2.05 bits per heavy atom. The van der Waals surface area contributed by atoms with Crippen molar-refractivity contribution in [1.29, 1.82) is 0 Å². The first-order chi connectivity index (χ1) is 8.86. The fourth-order valence-electron chi connectivity index (χ4n) is 1.70. The Bertz CT molecular complexity index is 498. The Labute approximate surface area is 111 Å². The largest absolute Gasteiger partial charge is 0.507 e. The van der Waals surface area contributed by atoms with Crippen LogP contribution in [0, 0.1) is 12.8 Å². The van der Waals surface area contributed by atoms with Crippen LogP contribution in [0.15, 0.2) is 23.4 Å². The number of oxime groups is 1. The second-order valence-corrected chi connectivity index (χ2v) is 4.74. The van der Waals surface area contributed by atoms with Crippen LogP contribution >= 0.6 is 0 Å². The number of carbonyl (C=O) groups is 1. The van der Waals surface area contributed by atoms with Gasteiger partial charge in [0.2, 0.25) is 0 Å². The van der Waals surface area contributed by atoms with Gasteiger partial charge in [-0.1, -0.05) is 30.6 Å². The summed E-state index contributed by atoms with van der Waals surface area (Å²) in [6, 6.07) is 4.14. The number of hydrogen-bond donors (Lipinski definition) is 4. The van der Waals surface area contributed by atoms with E-state index in [0.717, 1.165) is 5.56 Å². The van der Waals surface area contributed by atoms with Gasteiger partial charge in [0.25, 0.3) is 5.91 Å². The maximum atomic E-state index is 12.1. The Kier molecular flexibility index (Phi) is 4.74. The molecule has 0 bridgehead atoms. The molecule has 104 valence electrons. The number of aromatic hydroxyl groups is 1. The van der Waals surface area contributed by atoms with E-state index in [2.05, 4.69) is 10.5 Å². The highest BCUT2D eigenvalue weighted by Crippen LogP contribution is 2.18. The minimum absolute atomic E-state index is 0.0493. The zero-order valence-corrected chi connectivity index (χ0v) is 11.2. The standard InChI is InChI=1S/C13H19N3O3/c1-7(2)11(12(14)16-19)15-13(18)9-6-8(3)4-5-10(9)17/h4-7,11,17,19H,1-3H3,(H2,14,16)(H,15,18). The Morgan fingerprint density at radius 3 is 2.58 bits per heavy atom. The molecule has 0 fully saturated rings. The summed E-state index contributed by atoms with van der Waals surface area (Å²) in [6.45, 7) is 5.48. The molecule has 1 aromatic carbocycles. The summed E-state index contributed by atoms with van der Waals surface area (Å²) in [5.41, 5.74) is 6.55. The number of phenols is 1. The van der Waals surface area contributed by atoms with Gasteiger partial charge in [-0.25, -0.2) is 0 Å². The van der Waals surface area contributed by atoms with Crippen LogP contribution in [0.4, 0.5) is 0 Å². The first-order valence-electron chi connectivity index (χ1n) is 5.94. The van der Waals surface area contributed by atoms with Crippen LogP contribution in [0.25, 0.3) is 0 Å². The second-order valence-electron chi connectivity index (χ2n) is 4.74. The van der Waals surface area contributed by atoms with E-state index >= 15 is 0 Å². The van der Waals surface area contributed by atoms with Gasteiger partial charge in [0.15, 0.2) is 5.84 Å². The number of benzene rings is 1. The molecule has 0 aliphatic heterocycles. The third kappa shape index (κ3) is 3.61. The Hall–Kier alpha value is -2.24. The minimum Gasteiger partial charge on any atom is -0.507 e. The monoisotopic (exact) mass is 265 g/mol. The zero-order chi connectivity index (χ0) is 14.6. The van der Waals surface area contributed by atoms with Crippen molar-refractivity contribution >= 4 is 11.7 Å². The summed E-state index contributed by atoms with van der Waals surface area (Å²) in [4.78, 5) is 12.1. The van der Waals surface area contributed by atoms with Crippen molar-refractivity contribution in [3.63, 3.8) is 0 Å². The molecule has 0 radical (unpaired) electrons. The van der Waals surface area contributed by atoms with E-state index in [1.54, 1.807) is 12.1 Å². The van der Waals surface area contributed by atoms with Crippen molar-refractivity contribution < 1.29 is 15.1 Å². The molecule has 0 spiro atoms. The number of amides is 1. The van der Waals surface area contributed by atoms with Crippen molar-refractivity contribution in [2.45, 2.75) is 26.8 Å². The highest BCUT2D eigenvalue weighted by atomic mass is 16.4. The Morgan fingerprint density at radius 1 is 1.42 bits per heavy atom. The van der Waals surface area contributed by atoms with Gasteiger partial charge >= 0.3 is 0 Å². The van der Waals surface area contributed by atoms with Crippen molar-refractivity contribution in [3.05, 3.63) is 29.3 Å². The van der Waals surface area contributed by atoms with Gasteiger partial charge in [-0.15, -0.1) is 0 Å². The fourth-order valence-corrected chi connectivity index (χ4v) is 1.70. The van der Waals surface area contributed by atoms with Crippen LogP contribution in [0.2, 0.25) is 0 Å². The van der Waals surface area contributed by atoms with E-state index in [4.69, 9.17) is 10.9 Å². The van der Waals surface area contributed by atoms with Gasteiger partial charge in [0, 0.05) is 0 Å². The summed E-state index contributed by atoms with van der Waals surface area (Å²) in [7, 11) is 0. The molecule has 0 aromatic heterocycles. The molecule has 0 aliphatic carbocycles. The average Bonchev–Trinajstić information content (AvgIpc) is 2.37. The van der Waals surface area contributed by atoms with Gasteiger partial charge in [-0.3, -0.25) is 4.79 Å². The lowest BCUT2D eigenvalue weighted by Crippen LogP contribution is -2.47. The SMILES string of the molecule is Cc1ccc(O)c(C(=O)NC(C(N)=NO)C(C)C)c1. The van der Waals surface area contributed by atoms with E-state index in [-0.39, 0.29) is 23.1 Å². The number of nitrogens with two attached hydrogens (primary N) is 1. The van der Waals surface area contributed by atoms with Crippen LogP contribution in [0.1, 0.15) is 29.8 Å². The first kappa shape index (κ1) is 14.8. The molecule has 1 amide bonds. The molecule has 5 N–H and O–H groups in total. The number of nitrogens with zero attached hydrogens (tertiary/aromatic N) is 1. The van der Waals surface area contributed by atoms with Crippen LogP contribution < -0.4 is 11.1 Å². The van der Waals surface area contributed by atoms with Crippen LogP contribution in [-0.4, -0.2) is 28.1 Å². The number of rotatable bonds is 4. The fraction of sp³-hybridized carbons (Fsp3) is 0.385. The average molecular weight is 265 g/mol. The molecule has 6 nitrogen and oxygen atoms in total. The van der Waals surface area contributed by atoms with Gasteiger partial charge in [-0.05, 0) is 25.0 Å². The molecule has 0 saturated heterocycles. The molecule has 19 heavy (non-hydrogen) atoms. The molecule has 0 saturated carbocycles. The molecule has 1 atom stereocenters. The highest BCUT2D eigenvalue weighted by molar-refractivity contribution is 6.00. The zero-order valence-electron chi connectivity index (χ0n) is 11.2. The molecular weight excluding hydrogens is 246 g/mol. The molecular formula is C13H19N3O3. The molecule has 1 rings (SSSR count). The smallest absolute Gasteiger partial charge is 0.255 e. The lowest BCUT2D eigenvalue weighted by Gasteiger charge is -2.21. The van der Waals surface area contributed by atoms with E-state index in [9.17, 15) is 9.90 Å². The summed E-state index contributed by atoms with van der Waals surface area (Å²) < 4.78 is 0. The third-order valence-corrected chi connectivity index (χ3v) is 2.78. The second kappa shape index (κ2) is 6.08. The summed E-state index contributed by atoms with van der Waals surface area (Å²) in [5, 5.41) is 23.9. The first-order valence-corrected chi connectivity index (χ1v) is 5.94. The van der Waals surface area contributed by atoms with E-state index in [1.165, 1.54) is 6.07 Å². The van der Waals surface area contributed by atoms with E-state index in [0.29, 0.717) is 0 Å². The third-order valence-electron chi connectivity index (χ3n) is 2.78. The summed E-state index contributed by atoms with van der Waals surface area (Å²) in [5.74, 6) is -0.695. The number of aryl methyl sites for hydroxylation is 1. The normalized spacial score (nSPS) is 13.4. The number of amidine groups is 1. The molecule has 0 heterocycles. The molecule has 1 unspecified atom stereocenters. The number of nitrogens with one attached hydrogen (secondary N) is 1. The minimum atomic E-state index is -0.600. The highest BCUT2D eigenvalue weighted by Gasteiger charge is 2.22. The van der Waals surface area contributed by atoms with Crippen LogP contribution in [0.5, 0.6) is 5.75 Å². The van der Waals surface area contributed by atoms with Gasteiger partial charge < -0.3 is 21.4 Å². The van der Waals surface area contributed by atoms with Crippen LogP contribution in [-0.2, 0) is 0 Å². The molecule has 1 aromatic rings. The van der Waals surface area contributed by atoms with Gasteiger partial charge in [-0.2, -0.15) is 0 Å².